The second kappa shape index (κ2) is 4.67. The van der Waals surface area contributed by atoms with E-state index in [0.717, 1.165) is 11.8 Å². The van der Waals surface area contributed by atoms with Crippen LogP contribution in [0.15, 0.2) is 30.3 Å². The summed E-state index contributed by atoms with van der Waals surface area (Å²) in [6.07, 6.45) is 0.412. The number of benzene rings is 1. The Kier molecular flexibility index (Phi) is 3.48. The largest absolute Gasteiger partial charge is 0.366 e. The zero-order chi connectivity index (χ0) is 8.81. The average molecular weight is 164 g/mol. The Balaban J connectivity index is 2.73. The van der Waals surface area contributed by atoms with Gasteiger partial charge in [0.05, 0.1) is 0 Å². The third-order valence-corrected chi connectivity index (χ3v) is 1.60. The molecule has 2 heteroatoms. The predicted molar refractivity (Wildman–Crippen MR) is 46.9 cm³/mol. The molecule has 0 heterocycles. The minimum absolute atomic E-state index is 0.406. The van der Waals surface area contributed by atoms with Gasteiger partial charge in [0.1, 0.15) is 6.10 Å². The summed E-state index contributed by atoms with van der Waals surface area (Å²) in [6.45, 7) is 2.43. The second-order valence-corrected chi connectivity index (χ2v) is 2.42. The summed E-state index contributed by atoms with van der Waals surface area (Å²) < 4.78 is 5.21. The van der Waals surface area contributed by atoms with Crippen LogP contribution in [0, 0.1) is 0 Å². The number of ether oxygens (including phenoxy) is 1. The lowest BCUT2D eigenvalue weighted by molar-refractivity contribution is -0.118. The Bertz CT molecular complexity index is 231. The molecule has 0 aromatic heterocycles. The highest BCUT2D eigenvalue weighted by atomic mass is 16.5. The monoisotopic (exact) mass is 164 g/mol. The van der Waals surface area contributed by atoms with Crippen molar-refractivity contribution in [1.82, 2.24) is 0 Å². The van der Waals surface area contributed by atoms with Crippen LogP contribution in [0.5, 0.6) is 0 Å². The maximum absolute atomic E-state index is 10.6. The van der Waals surface area contributed by atoms with E-state index in [1.165, 1.54) is 0 Å². The van der Waals surface area contributed by atoms with Gasteiger partial charge in [-0.1, -0.05) is 30.3 Å². The molecule has 0 bridgehead atoms. The number of carbonyl (C=O) groups excluding carboxylic acids is 1. The van der Waals surface area contributed by atoms with Crippen LogP contribution in [0.4, 0.5) is 0 Å². The lowest BCUT2D eigenvalue weighted by Crippen LogP contribution is -2.04. The zero-order valence-electron chi connectivity index (χ0n) is 7.07. The number of rotatable bonds is 4. The lowest BCUT2D eigenvalue weighted by atomic mass is 10.1. The van der Waals surface area contributed by atoms with Crippen LogP contribution in [0.25, 0.3) is 0 Å². The Labute approximate surface area is 72.2 Å². The summed E-state index contributed by atoms with van der Waals surface area (Å²) in [4.78, 5) is 10.6. The van der Waals surface area contributed by atoms with Crippen molar-refractivity contribution in [2.24, 2.45) is 0 Å². The van der Waals surface area contributed by atoms with Gasteiger partial charge in [-0.25, -0.2) is 0 Å². The first-order chi connectivity index (χ1) is 5.88. The van der Waals surface area contributed by atoms with Gasteiger partial charge < -0.3 is 9.53 Å². The van der Waals surface area contributed by atoms with Crippen LogP contribution in [-0.2, 0) is 9.53 Å². The molecule has 0 aliphatic rings. The van der Waals surface area contributed by atoms with E-state index in [1.54, 1.807) is 0 Å². The van der Waals surface area contributed by atoms with Gasteiger partial charge in [0, 0.05) is 6.61 Å². The van der Waals surface area contributed by atoms with Crippen molar-refractivity contribution in [2.45, 2.75) is 13.0 Å². The summed E-state index contributed by atoms with van der Waals surface area (Å²) in [5.41, 5.74) is 0.911. The zero-order valence-corrected chi connectivity index (χ0v) is 7.07. The van der Waals surface area contributed by atoms with E-state index in [9.17, 15) is 4.79 Å². The molecule has 12 heavy (non-hydrogen) atoms. The van der Waals surface area contributed by atoms with E-state index >= 15 is 0 Å². The normalized spacial score (nSPS) is 12.4. The molecular formula is C10H12O2. The van der Waals surface area contributed by atoms with Gasteiger partial charge in [-0.05, 0) is 12.5 Å². The Morgan fingerprint density at radius 2 is 2.08 bits per heavy atom. The first-order valence-corrected chi connectivity index (χ1v) is 4.00. The van der Waals surface area contributed by atoms with Crippen LogP contribution in [-0.4, -0.2) is 12.9 Å². The van der Waals surface area contributed by atoms with Crippen LogP contribution >= 0.6 is 0 Å². The lowest BCUT2D eigenvalue weighted by Gasteiger charge is -2.09. The van der Waals surface area contributed by atoms with E-state index in [-0.39, 0.29) is 0 Å². The SMILES string of the molecule is CCO[C@@H](C=O)c1ccccc1. The fraction of sp³-hybridized carbons (Fsp3) is 0.300. The molecule has 0 saturated heterocycles. The molecule has 0 aliphatic heterocycles. The Morgan fingerprint density at radius 3 is 2.58 bits per heavy atom. The maximum Gasteiger partial charge on any atom is 0.153 e. The van der Waals surface area contributed by atoms with Crippen molar-refractivity contribution < 1.29 is 9.53 Å². The first-order valence-electron chi connectivity index (χ1n) is 4.00. The van der Waals surface area contributed by atoms with Crippen molar-refractivity contribution in [2.75, 3.05) is 6.61 Å². The van der Waals surface area contributed by atoms with Gasteiger partial charge in [-0.15, -0.1) is 0 Å². The Morgan fingerprint density at radius 1 is 1.42 bits per heavy atom. The van der Waals surface area contributed by atoms with E-state index in [1.807, 2.05) is 37.3 Å². The molecule has 0 N–H and O–H groups in total. The van der Waals surface area contributed by atoms with Crippen LogP contribution < -0.4 is 0 Å². The molecule has 1 aromatic rings. The molecule has 1 atom stereocenters. The predicted octanol–water partition coefficient (Wildman–Crippen LogP) is 1.96. The number of aldehydes is 1. The molecule has 1 rings (SSSR count). The molecule has 0 aliphatic carbocycles. The maximum atomic E-state index is 10.6. The minimum atomic E-state index is -0.406. The first kappa shape index (κ1) is 8.94. The second-order valence-electron chi connectivity index (χ2n) is 2.42. The third-order valence-electron chi connectivity index (χ3n) is 1.60. The van der Waals surface area contributed by atoms with Crippen molar-refractivity contribution in [3.05, 3.63) is 35.9 Å². The van der Waals surface area contributed by atoms with Crippen LogP contribution in [0.1, 0.15) is 18.6 Å². The summed E-state index contributed by atoms with van der Waals surface area (Å²) >= 11 is 0. The minimum Gasteiger partial charge on any atom is -0.366 e. The highest BCUT2D eigenvalue weighted by Gasteiger charge is 2.07. The highest BCUT2D eigenvalue weighted by molar-refractivity contribution is 5.59. The average Bonchev–Trinajstić information content (AvgIpc) is 2.15. The molecule has 0 radical (unpaired) electrons. The van der Waals surface area contributed by atoms with Gasteiger partial charge in [0.15, 0.2) is 6.29 Å². The van der Waals surface area contributed by atoms with E-state index in [2.05, 4.69) is 0 Å². The highest BCUT2D eigenvalue weighted by Crippen LogP contribution is 2.13. The summed E-state index contributed by atoms with van der Waals surface area (Å²) in [5.74, 6) is 0. The topological polar surface area (TPSA) is 26.3 Å². The van der Waals surface area contributed by atoms with E-state index in [4.69, 9.17) is 4.74 Å². The molecule has 1 aromatic carbocycles. The summed E-state index contributed by atoms with van der Waals surface area (Å²) in [7, 11) is 0. The van der Waals surface area contributed by atoms with Gasteiger partial charge in [-0.3, -0.25) is 0 Å². The third kappa shape index (κ3) is 2.17. The van der Waals surface area contributed by atoms with Gasteiger partial charge >= 0.3 is 0 Å². The van der Waals surface area contributed by atoms with E-state index < -0.39 is 6.10 Å². The van der Waals surface area contributed by atoms with Crippen LogP contribution in [0.2, 0.25) is 0 Å². The van der Waals surface area contributed by atoms with Gasteiger partial charge in [-0.2, -0.15) is 0 Å². The number of hydrogen-bond acceptors (Lipinski definition) is 2. The molecule has 0 unspecified atom stereocenters. The standard InChI is InChI=1S/C10H12O2/c1-2-12-10(8-11)9-6-4-3-5-7-9/h3-8,10H,2H2,1H3/t10-/m0/s1. The molecule has 64 valence electrons. The van der Waals surface area contributed by atoms with Gasteiger partial charge in [0.2, 0.25) is 0 Å². The van der Waals surface area contributed by atoms with Crippen molar-refractivity contribution in [3.8, 4) is 0 Å². The van der Waals surface area contributed by atoms with Crippen LogP contribution in [0.3, 0.4) is 0 Å². The summed E-state index contributed by atoms with van der Waals surface area (Å²) in [6, 6.07) is 9.47. The molecular weight excluding hydrogens is 152 g/mol. The molecule has 0 fully saturated rings. The fourth-order valence-electron chi connectivity index (χ4n) is 1.04. The van der Waals surface area contributed by atoms with Crippen molar-refractivity contribution in [1.29, 1.82) is 0 Å². The van der Waals surface area contributed by atoms with Crippen molar-refractivity contribution >= 4 is 6.29 Å². The molecule has 2 nitrogen and oxygen atoms in total. The summed E-state index contributed by atoms with van der Waals surface area (Å²) in [5, 5.41) is 0. The molecule has 0 spiro atoms. The Hall–Kier alpha value is -1.15. The van der Waals surface area contributed by atoms with E-state index in [0.29, 0.717) is 6.61 Å². The number of hydrogen-bond donors (Lipinski definition) is 0. The molecule has 0 amide bonds. The quantitative estimate of drug-likeness (QED) is 0.636. The fourth-order valence-corrected chi connectivity index (χ4v) is 1.04. The number of carbonyl (C=O) groups is 1. The van der Waals surface area contributed by atoms with Crippen molar-refractivity contribution in [3.63, 3.8) is 0 Å². The smallest absolute Gasteiger partial charge is 0.153 e. The van der Waals surface area contributed by atoms with Gasteiger partial charge in [0.25, 0.3) is 0 Å². The molecule has 0 saturated carbocycles.